The average Bonchev–Trinajstić information content (AvgIpc) is 3.30. The van der Waals surface area contributed by atoms with Gasteiger partial charge in [-0.25, -0.2) is 9.98 Å². The van der Waals surface area contributed by atoms with Crippen LogP contribution in [0.25, 0.3) is 0 Å². The molecule has 2 heterocycles. The molecule has 1 atom stereocenters. The largest absolute Gasteiger partial charge is 0.369 e. The van der Waals surface area contributed by atoms with Gasteiger partial charge < -0.3 is 16.0 Å². The van der Waals surface area contributed by atoms with Crippen molar-refractivity contribution in [3.63, 3.8) is 0 Å². The molecule has 2 aromatic rings. The van der Waals surface area contributed by atoms with Crippen molar-refractivity contribution >= 4 is 34.1 Å². The highest BCUT2D eigenvalue weighted by atomic mass is 32.1. The summed E-state index contributed by atoms with van der Waals surface area (Å²) in [5, 5.41) is 7.04. The van der Waals surface area contributed by atoms with Crippen molar-refractivity contribution in [1.29, 1.82) is 0 Å². The Bertz CT molecular complexity index is 1050. The summed E-state index contributed by atoms with van der Waals surface area (Å²) in [6.07, 6.45) is 15.3. The van der Waals surface area contributed by atoms with Gasteiger partial charge in [0, 0.05) is 35.4 Å². The molecule has 1 aliphatic heterocycles. The molecule has 1 aromatic heterocycles. The van der Waals surface area contributed by atoms with E-state index < -0.39 is 0 Å². The van der Waals surface area contributed by atoms with Crippen LogP contribution in [-0.2, 0) is 0 Å². The normalized spacial score (nSPS) is 18.3. The van der Waals surface area contributed by atoms with Crippen LogP contribution in [0.3, 0.4) is 0 Å². The topological polar surface area (TPSA) is 90.9 Å². The number of aromatic nitrogens is 1. The lowest BCUT2D eigenvalue weighted by Gasteiger charge is -2.20. The summed E-state index contributed by atoms with van der Waals surface area (Å²) in [5.41, 5.74) is 8.51. The maximum Gasteiger partial charge on any atom is 0.212 e. The van der Waals surface area contributed by atoms with Gasteiger partial charge in [0.2, 0.25) is 17.1 Å². The average molecular weight is 492 g/mol. The Balaban J connectivity index is 1.77. The highest BCUT2D eigenvalue weighted by Gasteiger charge is 2.12. The van der Waals surface area contributed by atoms with Crippen molar-refractivity contribution in [3.05, 3.63) is 78.0 Å². The van der Waals surface area contributed by atoms with E-state index in [0.29, 0.717) is 11.1 Å². The molecule has 4 N–H and O–H groups in total. The number of hydrogen-bond donors (Lipinski definition) is 3. The monoisotopic (exact) mass is 491 g/mol. The standard InChI is InChI=1S/C27H37N7S/c1-4-11-22(12-5-2)24-20-30-27(35-24)33-25(28)32-26(31-23-14-7-6-8-15-23)29-19-21-13-9-10-17-34(3)18-16-21/h4-8,12,14-15,19-20,22H,1,9-11,13,16-18H2,2-3H3,(H4,28,29,30,31,32,33). The second-order valence-corrected chi connectivity index (χ2v) is 9.63. The zero-order chi connectivity index (χ0) is 24.9. The summed E-state index contributed by atoms with van der Waals surface area (Å²) >= 11 is 1.53. The minimum Gasteiger partial charge on any atom is -0.369 e. The Morgan fingerprint density at radius 1 is 1.26 bits per heavy atom. The van der Waals surface area contributed by atoms with Gasteiger partial charge in [-0.05, 0) is 64.8 Å². The van der Waals surface area contributed by atoms with E-state index >= 15 is 0 Å². The number of allylic oxidation sites excluding steroid dienone is 3. The van der Waals surface area contributed by atoms with Gasteiger partial charge in [0.15, 0.2) is 0 Å². The van der Waals surface area contributed by atoms with Crippen LogP contribution in [-0.4, -0.2) is 41.9 Å². The van der Waals surface area contributed by atoms with E-state index in [2.05, 4.69) is 45.2 Å². The highest BCUT2D eigenvalue weighted by Crippen LogP contribution is 2.31. The number of para-hydroxylation sites is 1. The molecule has 35 heavy (non-hydrogen) atoms. The summed E-state index contributed by atoms with van der Waals surface area (Å²) in [7, 11) is 2.18. The van der Waals surface area contributed by atoms with Crippen molar-refractivity contribution < 1.29 is 0 Å². The number of nitrogens with two attached hydrogens (primary N) is 1. The summed E-state index contributed by atoms with van der Waals surface area (Å²) < 4.78 is 0. The molecule has 186 valence electrons. The van der Waals surface area contributed by atoms with Gasteiger partial charge >= 0.3 is 0 Å². The van der Waals surface area contributed by atoms with E-state index in [9.17, 15) is 0 Å². The fourth-order valence-corrected chi connectivity index (χ4v) is 4.69. The smallest absolute Gasteiger partial charge is 0.212 e. The van der Waals surface area contributed by atoms with Crippen molar-refractivity contribution in [2.24, 2.45) is 15.7 Å². The zero-order valence-corrected chi connectivity index (χ0v) is 21.6. The predicted octanol–water partition coefficient (Wildman–Crippen LogP) is 5.77. The summed E-state index contributed by atoms with van der Waals surface area (Å²) in [6.45, 7) is 8.09. The van der Waals surface area contributed by atoms with Gasteiger partial charge in [0.1, 0.15) is 0 Å². The minimum atomic E-state index is 0.232. The number of guanidine groups is 2. The van der Waals surface area contributed by atoms with E-state index in [4.69, 9.17) is 10.7 Å². The minimum absolute atomic E-state index is 0.232. The molecule has 1 aliphatic rings. The molecule has 1 aromatic carbocycles. The number of nitrogens with zero attached hydrogens (tertiary/aromatic N) is 4. The highest BCUT2D eigenvalue weighted by molar-refractivity contribution is 7.15. The SMILES string of the molecule is C=CCC(C=CC)c1cnc(N=C(N)NC(=NC=C2CCCCN(C)CC2)Nc2ccccc2)s1. The van der Waals surface area contributed by atoms with E-state index in [1.54, 1.807) is 0 Å². The quantitative estimate of drug-likeness (QED) is 0.260. The molecule has 8 heteroatoms. The molecule has 0 bridgehead atoms. The molecule has 0 aliphatic carbocycles. The first-order valence-corrected chi connectivity index (χ1v) is 13.0. The summed E-state index contributed by atoms with van der Waals surface area (Å²) in [6, 6.07) is 9.89. The maximum atomic E-state index is 6.26. The van der Waals surface area contributed by atoms with Gasteiger partial charge in [-0.15, -0.1) is 6.58 Å². The fraction of sp³-hybridized carbons (Fsp3) is 0.370. The van der Waals surface area contributed by atoms with Crippen LogP contribution in [0.15, 0.2) is 83.1 Å². The Hall–Kier alpha value is -3.23. The van der Waals surface area contributed by atoms with Gasteiger partial charge in [-0.3, -0.25) is 5.32 Å². The van der Waals surface area contributed by atoms with Crippen LogP contribution in [0.1, 0.15) is 49.8 Å². The fourth-order valence-electron chi connectivity index (χ4n) is 3.80. The van der Waals surface area contributed by atoms with E-state index in [1.807, 2.05) is 61.8 Å². The second kappa shape index (κ2) is 14.2. The first-order valence-electron chi connectivity index (χ1n) is 12.1. The Morgan fingerprint density at radius 3 is 2.86 bits per heavy atom. The Kier molecular flexibility index (Phi) is 10.7. The van der Waals surface area contributed by atoms with E-state index in [0.717, 1.165) is 42.9 Å². The predicted molar refractivity (Wildman–Crippen MR) is 150 cm³/mol. The number of rotatable bonds is 7. The lowest BCUT2D eigenvalue weighted by Crippen LogP contribution is -2.40. The Labute approximate surface area is 213 Å². The van der Waals surface area contributed by atoms with Crippen molar-refractivity contribution in [2.45, 2.75) is 44.9 Å². The van der Waals surface area contributed by atoms with Crippen molar-refractivity contribution in [3.8, 4) is 0 Å². The molecule has 1 fully saturated rings. The molecule has 7 nitrogen and oxygen atoms in total. The van der Waals surface area contributed by atoms with Crippen LogP contribution >= 0.6 is 11.3 Å². The maximum absolute atomic E-state index is 6.26. The van der Waals surface area contributed by atoms with Crippen LogP contribution in [0.2, 0.25) is 0 Å². The molecule has 1 unspecified atom stereocenters. The zero-order valence-electron chi connectivity index (χ0n) is 20.8. The summed E-state index contributed by atoms with van der Waals surface area (Å²) in [4.78, 5) is 17.2. The number of benzene rings is 1. The van der Waals surface area contributed by atoms with Crippen LogP contribution in [0.4, 0.5) is 10.8 Å². The lowest BCUT2D eigenvalue weighted by molar-refractivity contribution is 0.317. The van der Waals surface area contributed by atoms with Gasteiger partial charge in [-0.1, -0.05) is 53.3 Å². The number of aliphatic imine (C=N–C) groups is 2. The molecule has 0 amide bonds. The third-order valence-corrected chi connectivity index (χ3v) is 6.72. The summed E-state index contributed by atoms with van der Waals surface area (Å²) in [5.74, 6) is 1.00. The van der Waals surface area contributed by atoms with Gasteiger partial charge in [0.25, 0.3) is 0 Å². The molecule has 1 saturated heterocycles. The number of anilines is 1. The lowest BCUT2D eigenvalue weighted by atomic mass is 10.0. The van der Waals surface area contributed by atoms with E-state index in [-0.39, 0.29) is 11.9 Å². The number of thiazole rings is 1. The number of hydrogen-bond acceptors (Lipinski definition) is 5. The number of nitrogens with one attached hydrogen (secondary N) is 2. The molecular weight excluding hydrogens is 454 g/mol. The molecule has 0 spiro atoms. The third kappa shape index (κ3) is 9.15. The first kappa shape index (κ1) is 26.4. The molecule has 3 rings (SSSR count). The third-order valence-electron chi connectivity index (χ3n) is 5.70. The van der Waals surface area contributed by atoms with Crippen LogP contribution in [0.5, 0.6) is 0 Å². The molecule has 0 radical (unpaired) electrons. The molecule has 0 saturated carbocycles. The van der Waals surface area contributed by atoms with E-state index in [1.165, 1.54) is 29.8 Å². The van der Waals surface area contributed by atoms with Gasteiger partial charge in [-0.2, -0.15) is 4.99 Å². The Morgan fingerprint density at radius 2 is 2.09 bits per heavy atom. The van der Waals surface area contributed by atoms with Crippen LogP contribution < -0.4 is 16.4 Å². The van der Waals surface area contributed by atoms with Gasteiger partial charge in [0.05, 0.1) is 0 Å². The second-order valence-electron chi connectivity index (χ2n) is 8.59. The number of likely N-dealkylation sites (tertiary alicyclic amines) is 1. The van der Waals surface area contributed by atoms with Crippen molar-refractivity contribution in [1.82, 2.24) is 15.2 Å². The molecular formula is C27H37N7S. The van der Waals surface area contributed by atoms with Crippen LogP contribution in [0, 0.1) is 0 Å². The first-order chi connectivity index (χ1) is 17.1. The van der Waals surface area contributed by atoms with Crippen molar-refractivity contribution in [2.75, 3.05) is 25.5 Å².